The van der Waals surface area contributed by atoms with Gasteiger partial charge < -0.3 is 4.89 Å². The second-order valence-corrected chi connectivity index (χ2v) is 3.30. The molecule has 0 rings (SSSR count). The zero-order valence-electron chi connectivity index (χ0n) is 6.64. The van der Waals surface area contributed by atoms with E-state index in [1.165, 1.54) is 0 Å². The molecule has 0 fully saturated rings. The number of hydrogen-bond donors (Lipinski definition) is 2. The van der Waals surface area contributed by atoms with Crippen LogP contribution in [-0.4, -0.2) is 22.7 Å². The summed E-state index contributed by atoms with van der Waals surface area (Å²) >= 11 is 0. The van der Waals surface area contributed by atoms with E-state index in [0.29, 0.717) is 25.9 Å². The molecule has 0 aromatic heterocycles. The van der Waals surface area contributed by atoms with Gasteiger partial charge in [0.05, 0.1) is 12.1 Å². The average Bonchev–Trinajstić information content (AvgIpc) is 2.04. The highest BCUT2D eigenvalue weighted by Crippen LogP contribution is 2.25. The molecule has 1 atom stereocenters. The Kier molecular flexibility index (Phi) is 6.55. The Bertz CT molecular complexity index is 177. The van der Waals surface area contributed by atoms with Crippen molar-refractivity contribution < 1.29 is 4.89 Å². The maximum Gasteiger partial charge on any atom is 0.179 e. The van der Waals surface area contributed by atoms with Gasteiger partial charge in [-0.3, -0.25) is 5.50 Å². The van der Waals surface area contributed by atoms with E-state index in [4.69, 9.17) is 20.9 Å². The number of rotatable bonds is 5. The molecule has 0 aliphatic rings. The summed E-state index contributed by atoms with van der Waals surface area (Å²) in [6.45, 7) is 0.855. The van der Waals surface area contributed by atoms with Crippen LogP contribution in [0.4, 0.5) is 0 Å². The Morgan fingerprint density at radius 2 is 1.67 bits per heavy atom. The summed E-state index contributed by atoms with van der Waals surface area (Å²) in [6.07, 6.45) is 0.643. The molecule has 0 spiro atoms. The third kappa shape index (κ3) is 5.01. The predicted molar refractivity (Wildman–Crippen MR) is 45.4 cm³/mol. The summed E-state index contributed by atoms with van der Waals surface area (Å²) in [5.41, 5.74) is 5.25. The SMILES string of the molecule is N#CCCN(CCC#N)P(N)O. The largest absolute Gasteiger partial charge is 0.347 e. The van der Waals surface area contributed by atoms with Gasteiger partial charge in [-0.15, -0.1) is 0 Å². The van der Waals surface area contributed by atoms with Crippen molar-refractivity contribution in [2.45, 2.75) is 12.8 Å². The van der Waals surface area contributed by atoms with Crippen LogP contribution in [0.5, 0.6) is 0 Å². The Balaban J connectivity index is 3.73. The first-order valence-electron chi connectivity index (χ1n) is 3.44. The molecule has 0 aliphatic carbocycles. The van der Waals surface area contributed by atoms with E-state index in [-0.39, 0.29) is 0 Å². The van der Waals surface area contributed by atoms with E-state index >= 15 is 0 Å². The molecule has 0 aromatic carbocycles. The smallest absolute Gasteiger partial charge is 0.179 e. The molecule has 0 bridgehead atoms. The molecule has 0 amide bonds. The number of hydrogen-bond acceptors (Lipinski definition) is 5. The van der Waals surface area contributed by atoms with Crippen LogP contribution in [0.25, 0.3) is 0 Å². The van der Waals surface area contributed by atoms with Crippen LogP contribution < -0.4 is 5.50 Å². The second kappa shape index (κ2) is 6.97. The third-order valence-electron chi connectivity index (χ3n) is 1.25. The van der Waals surface area contributed by atoms with Crippen molar-refractivity contribution in [3.8, 4) is 12.1 Å². The Hall–Kier alpha value is -0.710. The topological polar surface area (TPSA) is 97.1 Å². The summed E-state index contributed by atoms with van der Waals surface area (Å²) in [4.78, 5) is 9.02. The van der Waals surface area contributed by atoms with Gasteiger partial charge in [-0.25, -0.2) is 4.67 Å². The summed E-state index contributed by atoms with van der Waals surface area (Å²) in [6, 6.07) is 3.90. The highest BCUT2D eigenvalue weighted by Gasteiger charge is 2.10. The zero-order valence-corrected chi connectivity index (χ0v) is 7.54. The van der Waals surface area contributed by atoms with Crippen molar-refractivity contribution in [1.82, 2.24) is 4.67 Å². The van der Waals surface area contributed by atoms with Gasteiger partial charge >= 0.3 is 0 Å². The fourth-order valence-corrected chi connectivity index (χ4v) is 1.28. The van der Waals surface area contributed by atoms with Gasteiger partial charge in [-0.2, -0.15) is 10.5 Å². The number of nitrogens with zero attached hydrogens (tertiary/aromatic N) is 3. The molecule has 5 nitrogen and oxygen atoms in total. The summed E-state index contributed by atoms with van der Waals surface area (Å²) in [7, 11) is -1.66. The maximum absolute atomic E-state index is 9.02. The van der Waals surface area contributed by atoms with Gasteiger partial charge in [-0.1, -0.05) is 0 Å². The molecule has 6 heteroatoms. The fraction of sp³-hybridized carbons (Fsp3) is 0.667. The molecular weight excluding hydrogens is 175 g/mol. The first-order valence-corrected chi connectivity index (χ1v) is 4.76. The minimum atomic E-state index is -1.66. The van der Waals surface area contributed by atoms with E-state index in [2.05, 4.69) is 0 Å². The van der Waals surface area contributed by atoms with Crippen LogP contribution in [0.2, 0.25) is 0 Å². The first-order chi connectivity index (χ1) is 5.72. The molecule has 0 heterocycles. The maximum atomic E-state index is 9.02. The van der Waals surface area contributed by atoms with Crippen LogP contribution in [0.15, 0.2) is 0 Å². The second-order valence-electron chi connectivity index (χ2n) is 2.09. The van der Waals surface area contributed by atoms with Crippen molar-refractivity contribution in [3.05, 3.63) is 0 Å². The molecule has 0 aliphatic heterocycles. The van der Waals surface area contributed by atoms with E-state index in [9.17, 15) is 0 Å². The lowest BCUT2D eigenvalue weighted by Crippen LogP contribution is -2.23. The highest BCUT2D eigenvalue weighted by atomic mass is 31.2. The normalized spacial score (nSPS) is 12.1. The van der Waals surface area contributed by atoms with E-state index in [0.717, 1.165) is 0 Å². The third-order valence-corrected chi connectivity index (χ3v) is 2.23. The molecule has 0 aromatic rings. The molecule has 3 N–H and O–H groups in total. The number of nitriles is 2. The molecule has 66 valence electrons. The van der Waals surface area contributed by atoms with Crippen molar-refractivity contribution >= 4 is 8.45 Å². The molecule has 0 saturated carbocycles. The number of nitrogens with two attached hydrogens (primary N) is 1. The molecular formula is C6H11N4OP. The summed E-state index contributed by atoms with van der Waals surface area (Å²) in [5, 5.41) is 16.5. The van der Waals surface area contributed by atoms with E-state index < -0.39 is 8.45 Å². The molecule has 12 heavy (non-hydrogen) atoms. The lowest BCUT2D eigenvalue weighted by Gasteiger charge is -2.20. The van der Waals surface area contributed by atoms with Gasteiger partial charge in [0, 0.05) is 25.9 Å². The van der Waals surface area contributed by atoms with Crippen molar-refractivity contribution in [3.63, 3.8) is 0 Å². The zero-order chi connectivity index (χ0) is 9.40. The predicted octanol–water partition coefficient (Wildman–Crippen LogP) is 0.294. The molecule has 0 saturated heterocycles. The van der Waals surface area contributed by atoms with Gasteiger partial charge in [0.1, 0.15) is 0 Å². The monoisotopic (exact) mass is 186 g/mol. The fourth-order valence-electron chi connectivity index (χ4n) is 0.675. The molecule has 0 radical (unpaired) electrons. The van der Waals surface area contributed by atoms with Crippen LogP contribution in [0, 0.1) is 22.7 Å². The Labute approximate surface area is 72.9 Å². The van der Waals surface area contributed by atoms with Gasteiger partial charge in [0.2, 0.25) is 0 Å². The first kappa shape index (κ1) is 11.3. The van der Waals surface area contributed by atoms with E-state index in [1.807, 2.05) is 12.1 Å². The van der Waals surface area contributed by atoms with Crippen LogP contribution in [-0.2, 0) is 0 Å². The Morgan fingerprint density at radius 1 is 1.25 bits per heavy atom. The van der Waals surface area contributed by atoms with Crippen molar-refractivity contribution in [2.75, 3.05) is 13.1 Å². The minimum Gasteiger partial charge on any atom is -0.347 e. The summed E-state index contributed by atoms with van der Waals surface area (Å²) in [5.74, 6) is 0. The van der Waals surface area contributed by atoms with Crippen LogP contribution >= 0.6 is 8.45 Å². The van der Waals surface area contributed by atoms with Gasteiger partial charge in [0.25, 0.3) is 0 Å². The van der Waals surface area contributed by atoms with Gasteiger partial charge in [-0.05, 0) is 0 Å². The van der Waals surface area contributed by atoms with Crippen LogP contribution in [0.1, 0.15) is 12.8 Å². The van der Waals surface area contributed by atoms with Gasteiger partial charge in [0.15, 0.2) is 8.45 Å². The van der Waals surface area contributed by atoms with Crippen molar-refractivity contribution in [1.29, 1.82) is 10.5 Å². The minimum absolute atomic E-state index is 0.321. The Morgan fingerprint density at radius 3 is 1.92 bits per heavy atom. The van der Waals surface area contributed by atoms with E-state index in [1.54, 1.807) is 4.67 Å². The summed E-state index contributed by atoms with van der Waals surface area (Å²) < 4.78 is 1.54. The molecule has 1 unspecified atom stereocenters. The van der Waals surface area contributed by atoms with Crippen molar-refractivity contribution in [2.24, 2.45) is 5.50 Å². The lowest BCUT2D eigenvalue weighted by atomic mass is 10.4. The highest BCUT2D eigenvalue weighted by molar-refractivity contribution is 7.46. The van der Waals surface area contributed by atoms with Crippen LogP contribution in [0.3, 0.4) is 0 Å². The standard InChI is InChI=1S/C6H11N4OP/c7-3-1-5-10(12(9)11)6-2-4-8/h11H,1-2,5-6,9H2. The lowest BCUT2D eigenvalue weighted by molar-refractivity contribution is 0.421. The quantitative estimate of drug-likeness (QED) is 0.601. The average molecular weight is 186 g/mol.